The molecule has 1 atom stereocenters. The molecule has 10 heteroatoms. The number of benzene rings is 2. The van der Waals surface area contributed by atoms with Crippen LogP contribution in [0.2, 0.25) is 0 Å². The molecule has 2 aromatic carbocycles. The van der Waals surface area contributed by atoms with Gasteiger partial charge in [0.05, 0.1) is 29.5 Å². The monoisotopic (exact) mass is 479 g/mol. The molecule has 4 heterocycles. The lowest BCUT2D eigenvalue weighted by atomic mass is 10.1. The Morgan fingerprint density at radius 1 is 1.15 bits per heavy atom. The first kappa shape index (κ1) is 21.2. The summed E-state index contributed by atoms with van der Waals surface area (Å²) in [6.45, 7) is 2.70. The van der Waals surface area contributed by atoms with Crippen LogP contribution >= 0.6 is 11.8 Å². The Labute approximate surface area is 199 Å². The van der Waals surface area contributed by atoms with Crippen molar-refractivity contribution in [2.24, 2.45) is 0 Å². The maximum atomic E-state index is 13.7. The zero-order valence-corrected chi connectivity index (χ0v) is 19.0. The van der Waals surface area contributed by atoms with E-state index in [9.17, 15) is 14.0 Å². The second kappa shape index (κ2) is 8.44. The van der Waals surface area contributed by atoms with Crippen molar-refractivity contribution in [3.8, 4) is 0 Å². The number of carbonyl (C=O) groups excluding carboxylic acids is 2. The quantitative estimate of drug-likeness (QED) is 0.579. The van der Waals surface area contributed by atoms with Crippen molar-refractivity contribution in [3.63, 3.8) is 0 Å². The van der Waals surface area contributed by atoms with Crippen molar-refractivity contribution in [3.05, 3.63) is 54.5 Å². The van der Waals surface area contributed by atoms with E-state index in [-0.39, 0.29) is 30.0 Å². The summed E-state index contributed by atoms with van der Waals surface area (Å²) in [6.07, 6.45) is 1.11. The van der Waals surface area contributed by atoms with Gasteiger partial charge in [0.15, 0.2) is 0 Å². The van der Waals surface area contributed by atoms with Crippen LogP contribution in [0.5, 0.6) is 0 Å². The molecular weight excluding hydrogens is 457 g/mol. The number of pyridine rings is 1. The number of anilines is 3. The van der Waals surface area contributed by atoms with Crippen LogP contribution in [-0.2, 0) is 9.53 Å². The van der Waals surface area contributed by atoms with Crippen LogP contribution in [0, 0.1) is 5.82 Å². The third-order valence-electron chi connectivity index (χ3n) is 6.26. The molecule has 0 bridgehead atoms. The predicted octanol–water partition coefficient (Wildman–Crippen LogP) is 3.54. The number of hydrogen-bond donors (Lipinski definition) is 2. The predicted molar refractivity (Wildman–Crippen MR) is 129 cm³/mol. The van der Waals surface area contributed by atoms with E-state index in [0.717, 1.165) is 40.3 Å². The highest BCUT2D eigenvalue weighted by Gasteiger charge is 2.37. The van der Waals surface area contributed by atoms with Gasteiger partial charge in [0, 0.05) is 47.5 Å². The number of thioether (sulfide) groups is 1. The van der Waals surface area contributed by atoms with Gasteiger partial charge in [-0.2, -0.15) is 0 Å². The fourth-order valence-electron chi connectivity index (χ4n) is 4.63. The van der Waals surface area contributed by atoms with Gasteiger partial charge in [-0.1, -0.05) is 0 Å². The van der Waals surface area contributed by atoms with Gasteiger partial charge in [-0.05, 0) is 42.5 Å². The lowest BCUT2D eigenvalue weighted by molar-refractivity contribution is -0.113. The van der Waals surface area contributed by atoms with Gasteiger partial charge in [-0.15, -0.1) is 11.8 Å². The number of fused-ring (bicyclic) bond motifs is 2. The summed E-state index contributed by atoms with van der Waals surface area (Å²) >= 11 is 1.49. The smallest absolute Gasteiger partial charge is 0.414 e. The Morgan fingerprint density at radius 3 is 2.91 bits per heavy atom. The van der Waals surface area contributed by atoms with Gasteiger partial charge in [-0.25, -0.2) is 9.18 Å². The number of halogens is 1. The summed E-state index contributed by atoms with van der Waals surface area (Å²) < 4.78 is 19.3. The van der Waals surface area contributed by atoms with E-state index < -0.39 is 0 Å². The number of carbonyl (C=O) groups is 2. The molecule has 34 heavy (non-hydrogen) atoms. The van der Waals surface area contributed by atoms with Crippen molar-refractivity contribution >= 4 is 51.7 Å². The average molecular weight is 480 g/mol. The topological polar surface area (TPSA) is 86.8 Å². The van der Waals surface area contributed by atoms with Crippen LogP contribution in [0.25, 0.3) is 10.9 Å². The molecule has 3 aliphatic heterocycles. The molecular formula is C24H22FN5O3S. The number of rotatable bonds is 5. The fraction of sp³-hybridized carbons (Fsp3) is 0.292. The van der Waals surface area contributed by atoms with Crippen LogP contribution in [0.3, 0.4) is 0 Å². The maximum Gasteiger partial charge on any atom is 0.414 e. The van der Waals surface area contributed by atoms with E-state index in [1.54, 1.807) is 17.2 Å². The summed E-state index contributed by atoms with van der Waals surface area (Å²) in [5.74, 6) is 0.0777. The zero-order valence-electron chi connectivity index (χ0n) is 18.2. The molecule has 8 nitrogen and oxygen atoms in total. The molecule has 0 aliphatic carbocycles. The Morgan fingerprint density at radius 2 is 2.03 bits per heavy atom. The summed E-state index contributed by atoms with van der Waals surface area (Å²) in [7, 11) is 0. The third-order valence-corrected chi connectivity index (χ3v) is 7.34. The van der Waals surface area contributed by atoms with Crippen molar-refractivity contribution in [1.82, 2.24) is 9.88 Å². The van der Waals surface area contributed by atoms with Crippen LogP contribution in [0.1, 0.15) is 0 Å². The Hall–Kier alpha value is -3.37. The number of likely N-dealkylation sites (tertiary alicyclic amines) is 1. The highest BCUT2D eigenvalue weighted by molar-refractivity contribution is 8.00. The van der Waals surface area contributed by atoms with Crippen molar-refractivity contribution in [1.29, 1.82) is 0 Å². The zero-order chi connectivity index (χ0) is 23.2. The molecule has 174 valence electrons. The summed E-state index contributed by atoms with van der Waals surface area (Å²) in [4.78, 5) is 33.3. The molecule has 3 aromatic rings. The highest BCUT2D eigenvalue weighted by atomic mass is 32.2. The normalized spacial score (nSPS) is 20.6. The van der Waals surface area contributed by atoms with E-state index in [4.69, 9.17) is 4.74 Å². The van der Waals surface area contributed by atoms with E-state index in [0.29, 0.717) is 24.5 Å². The number of hydrogen-bond acceptors (Lipinski definition) is 7. The number of nitrogens with one attached hydrogen (secondary N) is 2. The largest absolute Gasteiger partial charge is 0.443 e. The number of aromatic nitrogens is 1. The first-order valence-corrected chi connectivity index (χ1v) is 12.1. The molecule has 2 fully saturated rings. The van der Waals surface area contributed by atoms with E-state index in [1.807, 2.05) is 24.3 Å². The van der Waals surface area contributed by atoms with Gasteiger partial charge in [0.25, 0.3) is 0 Å². The van der Waals surface area contributed by atoms with Crippen LogP contribution in [-0.4, -0.2) is 66.0 Å². The van der Waals surface area contributed by atoms with Gasteiger partial charge in [-0.3, -0.25) is 19.6 Å². The molecule has 2 saturated heterocycles. The van der Waals surface area contributed by atoms with E-state index >= 15 is 0 Å². The van der Waals surface area contributed by atoms with E-state index in [2.05, 4.69) is 20.5 Å². The maximum absolute atomic E-state index is 13.7. The molecule has 2 amide bonds. The average Bonchev–Trinajstić information content (AvgIpc) is 3.17. The van der Waals surface area contributed by atoms with Crippen LogP contribution < -0.4 is 15.5 Å². The molecule has 0 saturated carbocycles. The van der Waals surface area contributed by atoms with Gasteiger partial charge in [0.1, 0.15) is 11.9 Å². The standard InChI is InChI=1S/C24H22FN5O3S/c25-14-1-3-19-18(7-14)20(5-6-26-19)27-15-9-29(10-15)11-17-12-30(24(32)33-17)16-2-4-22-21(8-16)28-23(31)13-34-22/h1-8,15,17H,9-13H2,(H,26,27)(H,28,31). The molecule has 6 rings (SSSR count). The highest BCUT2D eigenvalue weighted by Crippen LogP contribution is 2.35. The molecule has 0 spiro atoms. The lowest BCUT2D eigenvalue weighted by Crippen LogP contribution is -2.56. The van der Waals surface area contributed by atoms with Crippen molar-refractivity contribution < 1.29 is 18.7 Å². The van der Waals surface area contributed by atoms with Gasteiger partial charge >= 0.3 is 6.09 Å². The summed E-state index contributed by atoms with van der Waals surface area (Å²) in [5, 5.41) is 7.10. The van der Waals surface area contributed by atoms with Crippen molar-refractivity contribution in [2.75, 3.05) is 47.5 Å². The number of ether oxygens (including phenoxy) is 1. The number of amides is 2. The molecule has 3 aliphatic rings. The third kappa shape index (κ3) is 4.03. The SMILES string of the molecule is O=C1CSc2ccc(N3CC(CN4CC(Nc5ccnc6ccc(F)cc56)C4)OC3=O)cc2N1. The summed E-state index contributed by atoms with van der Waals surface area (Å²) in [5.41, 5.74) is 3.07. The van der Waals surface area contributed by atoms with Gasteiger partial charge in [0.2, 0.25) is 5.91 Å². The van der Waals surface area contributed by atoms with Crippen LogP contribution in [0.15, 0.2) is 53.6 Å². The first-order chi connectivity index (χ1) is 16.5. The Balaban J connectivity index is 1.05. The Kier molecular flexibility index (Phi) is 5.26. The fourth-order valence-corrected chi connectivity index (χ4v) is 5.42. The molecule has 0 radical (unpaired) electrons. The van der Waals surface area contributed by atoms with E-state index in [1.165, 1.54) is 23.9 Å². The minimum atomic E-state index is -0.375. The minimum Gasteiger partial charge on any atom is -0.443 e. The number of cyclic esters (lactones) is 1. The second-order valence-electron chi connectivity index (χ2n) is 8.71. The molecule has 2 N–H and O–H groups in total. The first-order valence-electron chi connectivity index (χ1n) is 11.1. The minimum absolute atomic E-state index is 0.0395. The molecule has 1 aromatic heterocycles. The Bertz CT molecular complexity index is 1300. The summed E-state index contributed by atoms with van der Waals surface area (Å²) in [6, 6.07) is 12.3. The lowest BCUT2D eigenvalue weighted by Gasteiger charge is -2.41. The van der Waals surface area contributed by atoms with Crippen LogP contribution in [0.4, 0.5) is 26.2 Å². The molecule has 1 unspecified atom stereocenters. The van der Waals surface area contributed by atoms with Crippen molar-refractivity contribution in [2.45, 2.75) is 17.0 Å². The number of nitrogens with zero attached hydrogens (tertiary/aromatic N) is 3. The van der Waals surface area contributed by atoms with Gasteiger partial charge < -0.3 is 15.4 Å². The second-order valence-corrected chi connectivity index (χ2v) is 9.73.